The van der Waals surface area contributed by atoms with Crippen molar-refractivity contribution >= 4 is 46.6 Å². The number of carbonyl (C=O) groups excluding carboxylic acids is 2. The molecule has 1 aromatic heterocycles. The highest BCUT2D eigenvalue weighted by Crippen LogP contribution is 2.23. The number of halogens is 2. The minimum absolute atomic E-state index is 0.0600. The molecule has 0 aliphatic heterocycles. The van der Waals surface area contributed by atoms with E-state index in [9.17, 15) is 9.59 Å². The van der Waals surface area contributed by atoms with Crippen LogP contribution in [0.1, 0.15) is 17.5 Å². The summed E-state index contributed by atoms with van der Waals surface area (Å²) in [7, 11) is 0. The molecule has 0 bridgehead atoms. The van der Waals surface area contributed by atoms with E-state index < -0.39 is 5.91 Å². The highest BCUT2D eigenvalue weighted by Gasteiger charge is 2.12. The van der Waals surface area contributed by atoms with Crippen molar-refractivity contribution in [3.8, 4) is 0 Å². The molecule has 104 valence electrons. The second-order valence-corrected chi connectivity index (χ2v) is 4.83. The summed E-state index contributed by atoms with van der Waals surface area (Å²) in [4.78, 5) is 22.8. The van der Waals surface area contributed by atoms with Crippen molar-refractivity contribution in [3.05, 3.63) is 46.1 Å². The molecule has 2 aromatic rings. The molecule has 2 amide bonds. The van der Waals surface area contributed by atoms with E-state index in [1.54, 1.807) is 18.2 Å². The van der Waals surface area contributed by atoms with Crippen LogP contribution in [-0.4, -0.2) is 11.8 Å². The summed E-state index contributed by atoms with van der Waals surface area (Å²) in [6, 6.07) is 7.61. The van der Waals surface area contributed by atoms with E-state index in [1.807, 2.05) is 0 Å². The lowest BCUT2D eigenvalue weighted by Crippen LogP contribution is -2.11. The molecule has 0 spiro atoms. The summed E-state index contributed by atoms with van der Waals surface area (Å²) in [5.41, 5.74) is 0.449. The summed E-state index contributed by atoms with van der Waals surface area (Å²) in [6.07, 6.45) is 0. The van der Waals surface area contributed by atoms with Gasteiger partial charge in [-0.25, -0.2) is 0 Å². The van der Waals surface area contributed by atoms with Crippen LogP contribution in [0.25, 0.3) is 0 Å². The smallest absolute Gasteiger partial charge is 0.291 e. The molecule has 1 heterocycles. The van der Waals surface area contributed by atoms with Gasteiger partial charge in [0.2, 0.25) is 5.91 Å². The van der Waals surface area contributed by atoms with Gasteiger partial charge in [0.05, 0.1) is 0 Å². The molecule has 20 heavy (non-hydrogen) atoms. The summed E-state index contributed by atoms with van der Waals surface area (Å²) in [6.45, 7) is 1.34. The monoisotopic (exact) mass is 312 g/mol. The zero-order valence-electron chi connectivity index (χ0n) is 10.4. The van der Waals surface area contributed by atoms with Crippen LogP contribution < -0.4 is 10.6 Å². The molecule has 0 fully saturated rings. The Morgan fingerprint density at radius 3 is 2.30 bits per heavy atom. The molecule has 0 saturated carbocycles. The third-order valence-electron chi connectivity index (χ3n) is 2.25. The van der Waals surface area contributed by atoms with Gasteiger partial charge in [-0.2, -0.15) is 0 Å². The molecule has 5 nitrogen and oxygen atoms in total. The number of benzene rings is 1. The lowest BCUT2D eigenvalue weighted by atomic mass is 10.3. The number of hydrogen-bond acceptors (Lipinski definition) is 3. The van der Waals surface area contributed by atoms with Gasteiger partial charge in [-0.1, -0.05) is 23.2 Å². The van der Waals surface area contributed by atoms with E-state index >= 15 is 0 Å². The number of anilines is 2. The van der Waals surface area contributed by atoms with E-state index in [-0.39, 0.29) is 17.6 Å². The summed E-state index contributed by atoms with van der Waals surface area (Å²) >= 11 is 11.7. The minimum Gasteiger partial charge on any atom is -0.435 e. The maximum Gasteiger partial charge on any atom is 0.291 e. The number of carbonyl (C=O) groups is 2. The van der Waals surface area contributed by atoms with Crippen molar-refractivity contribution in [2.75, 3.05) is 10.6 Å². The molecular weight excluding hydrogens is 303 g/mol. The lowest BCUT2D eigenvalue weighted by Gasteiger charge is -2.04. The van der Waals surface area contributed by atoms with Gasteiger partial charge in [0, 0.05) is 28.7 Å². The first-order chi connectivity index (χ1) is 9.44. The Bertz CT molecular complexity index is 647. The fourth-order valence-corrected chi connectivity index (χ4v) is 2.05. The van der Waals surface area contributed by atoms with E-state index in [1.165, 1.54) is 19.1 Å². The fraction of sp³-hybridized carbons (Fsp3) is 0.0769. The van der Waals surface area contributed by atoms with Gasteiger partial charge in [-0.3, -0.25) is 14.9 Å². The van der Waals surface area contributed by atoms with Gasteiger partial charge < -0.3 is 9.73 Å². The molecule has 0 unspecified atom stereocenters. The van der Waals surface area contributed by atoms with Gasteiger partial charge >= 0.3 is 0 Å². The number of rotatable bonds is 3. The van der Waals surface area contributed by atoms with Gasteiger partial charge in [0.1, 0.15) is 0 Å². The topological polar surface area (TPSA) is 71.3 Å². The fourth-order valence-electron chi connectivity index (χ4n) is 1.52. The first-order valence-electron chi connectivity index (χ1n) is 5.59. The van der Waals surface area contributed by atoms with E-state index in [4.69, 9.17) is 27.6 Å². The lowest BCUT2D eigenvalue weighted by molar-refractivity contribution is -0.114. The van der Waals surface area contributed by atoms with Crippen LogP contribution in [0.5, 0.6) is 0 Å². The van der Waals surface area contributed by atoms with Crippen LogP contribution in [-0.2, 0) is 4.79 Å². The zero-order chi connectivity index (χ0) is 14.7. The standard InChI is InChI=1S/C13H10Cl2N2O3/c1-7(18)16-12-3-2-11(20-12)13(19)17-10-5-8(14)4-9(15)6-10/h2-6H,1H3,(H,16,18)(H,17,19). The van der Waals surface area contributed by atoms with Crippen LogP contribution in [0.4, 0.5) is 11.6 Å². The van der Waals surface area contributed by atoms with Crippen molar-refractivity contribution < 1.29 is 14.0 Å². The minimum atomic E-state index is -0.472. The summed E-state index contributed by atoms with van der Waals surface area (Å²) in [5, 5.41) is 5.84. The first kappa shape index (κ1) is 14.4. The van der Waals surface area contributed by atoms with E-state index in [0.29, 0.717) is 15.7 Å². The molecule has 0 aliphatic rings. The van der Waals surface area contributed by atoms with Gasteiger partial charge in [0.25, 0.3) is 5.91 Å². The molecular formula is C13H10Cl2N2O3. The molecule has 2 rings (SSSR count). The Hall–Kier alpha value is -1.98. The van der Waals surface area contributed by atoms with E-state index in [2.05, 4.69) is 10.6 Å². The number of amides is 2. The van der Waals surface area contributed by atoms with Gasteiger partial charge in [-0.15, -0.1) is 0 Å². The maximum absolute atomic E-state index is 11.9. The van der Waals surface area contributed by atoms with Crippen LogP contribution >= 0.6 is 23.2 Å². The molecule has 1 aromatic carbocycles. The molecule has 2 N–H and O–H groups in total. The Kier molecular flexibility index (Phi) is 4.32. The van der Waals surface area contributed by atoms with Crippen LogP contribution in [0, 0.1) is 0 Å². The van der Waals surface area contributed by atoms with Crippen molar-refractivity contribution in [2.24, 2.45) is 0 Å². The quantitative estimate of drug-likeness (QED) is 0.905. The van der Waals surface area contributed by atoms with E-state index in [0.717, 1.165) is 0 Å². The highest BCUT2D eigenvalue weighted by molar-refractivity contribution is 6.35. The maximum atomic E-state index is 11.9. The largest absolute Gasteiger partial charge is 0.435 e. The number of furan rings is 1. The number of nitrogens with one attached hydrogen (secondary N) is 2. The molecule has 0 radical (unpaired) electrons. The highest BCUT2D eigenvalue weighted by atomic mass is 35.5. The Morgan fingerprint density at radius 2 is 1.70 bits per heavy atom. The first-order valence-corrected chi connectivity index (χ1v) is 6.34. The van der Waals surface area contributed by atoms with Crippen LogP contribution in [0.15, 0.2) is 34.7 Å². The number of hydrogen-bond donors (Lipinski definition) is 2. The van der Waals surface area contributed by atoms with Crippen LogP contribution in [0.2, 0.25) is 10.0 Å². The summed E-state index contributed by atoms with van der Waals surface area (Å²) in [5.74, 6) is -0.496. The van der Waals surface area contributed by atoms with Crippen molar-refractivity contribution in [3.63, 3.8) is 0 Å². The average molecular weight is 313 g/mol. The van der Waals surface area contributed by atoms with Crippen molar-refractivity contribution in [2.45, 2.75) is 6.92 Å². The third kappa shape index (κ3) is 3.76. The average Bonchev–Trinajstić information content (AvgIpc) is 2.75. The molecule has 0 atom stereocenters. The normalized spacial score (nSPS) is 10.2. The Labute approximate surface area is 124 Å². The second kappa shape index (κ2) is 5.98. The third-order valence-corrected chi connectivity index (χ3v) is 2.69. The SMILES string of the molecule is CC(=O)Nc1ccc(C(=O)Nc2cc(Cl)cc(Cl)c2)o1. The Morgan fingerprint density at radius 1 is 1.05 bits per heavy atom. The predicted molar refractivity (Wildman–Crippen MR) is 77.4 cm³/mol. The van der Waals surface area contributed by atoms with Crippen molar-refractivity contribution in [1.82, 2.24) is 0 Å². The van der Waals surface area contributed by atoms with Crippen LogP contribution in [0.3, 0.4) is 0 Å². The van der Waals surface area contributed by atoms with Crippen molar-refractivity contribution in [1.29, 1.82) is 0 Å². The molecule has 7 heteroatoms. The molecule has 0 aliphatic carbocycles. The van der Waals surface area contributed by atoms with Gasteiger partial charge in [-0.05, 0) is 24.3 Å². The van der Waals surface area contributed by atoms with Gasteiger partial charge in [0.15, 0.2) is 11.6 Å². The zero-order valence-corrected chi connectivity index (χ0v) is 11.9. The summed E-state index contributed by atoms with van der Waals surface area (Å²) < 4.78 is 5.18. The molecule has 0 saturated heterocycles. The Balaban J connectivity index is 2.11. The second-order valence-electron chi connectivity index (χ2n) is 3.96. The predicted octanol–water partition coefficient (Wildman–Crippen LogP) is 3.80.